The summed E-state index contributed by atoms with van der Waals surface area (Å²) in [6, 6.07) is 7.21. The minimum atomic E-state index is -0.589. The van der Waals surface area contributed by atoms with E-state index in [0.29, 0.717) is 5.02 Å². The number of aromatic nitrogens is 3. The lowest BCUT2D eigenvalue weighted by molar-refractivity contribution is -0.148. The molecule has 1 aliphatic carbocycles. The standard InChI is InChI=1S/C14H14ClN5O2/c15-9-3-1-8(2-4-9)14(5-6-14)11(21)22-7-10-18-12(16)20-13(17)19-10/h1-4H,5-7H2,(H4,16,17,18,19,20). The summed E-state index contributed by atoms with van der Waals surface area (Å²) in [5.41, 5.74) is 11.3. The number of carbonyl (C=O) groups excluding carboxylic acids is 1. The van der Waals surface area contributed by atoms with Gasteiger partial charge >= 0.3 is 5.97 Å². The van der Waals surface area contributed by atoms with Gasteiger partial charge in [-0.3, -0.25) is 4.79 Å². The highest BCUT2D eigenvalue weighted by Crippen LogP contribution is 2.49. The average Bonchev–Trinajstić information content (AvgIpc) is 3.26. The first kappa shape index (κ1) is 14.5. The molecular weight excluding hydrogens is 306 g/mol. The molecule has 1 fully saturated rings. The molecule has 0 spiro atoms. The Kier molecular flexibility index (Phi) is 3.58. The largest absolute Gasteiger partial charge is 0.457 e. The molecular formula is C14H14ClN5O2. The third kappa shape index (κ3) is 2.80. The first-order chi connectivity index (χ1) is 10.5. The van der Waals surface area contributed by atoms with Crippen molar-refractivity contribution in [2.45, 2.75) is 24.9 Å². The van der Waals surface area contributed by atoms with Crippen molar-refractivity contribution in [2.24, 2.45) is 0 Å². The van der Waals surface area contributed by atoms with Crippen LogP contribution in [0.25, 0.3) is 0 Å². The summed E-state index contributed by atoms with van der Waals surface area (Å²) in [4.78, 5) is 23.8. The molecule has 3 rings (SSSR count). The molecule has 2 aromatic rings. The number of hydrogen-bond donors (Lipinski definition) is 2. The van der Waals surface area contributed by atoms with Crippen molar-refractivity contribution in [3.63, 3.8) is 0 Å². The molecule has 1 heterocycles. The normalized spacial score (nSPS) is 15.3. The van der Waals surface area contributed by atoms with Gasteiger partial charge in [-0.25, -0.2) is 0 Å². The number of carbonyl (C=O) groups is 1. The average molecular weight is 320 g/mol. The zero-order valence-electron chi connectivity index (χ0n) is 11.6. The Morgan fingerprint density at radius 2 is 1.73 bits per heavy atom. The van der Waals surface area contributed by atoms with Crippen LogP contribution in [0.3, 0.4) is 0 Å². The molecule has 0 unspecified atom stereocenters. The molecule has 7 nitrogen and oxygen atoms in total. The zero-order chi connectivity index (χ0) is 15.7. The van der Waals surface area contributed by atoms with Crippen LogP contribution in [0, 0.1) is 0 Å². The van der Waals surface area contributed by atoms with Crippen LogP contribution in [0.4, 0.5) is 11.9 Å². The van der Waals surface area contributed by atoms with E-state index >= 15 is 0 Å². The number of anilines is 2. The van der Waals surface area contributed by atoms with Gasteiger partial charge in [0.25, 0.3) is 0 Å². The van der Waals surface area contributed by atoms with Crippen LogP contribution in [0.2, 0.25) is 5.02 Å². The second-order valence-corrected chi connectivity index (χ2v) is 5.57. The fraction of sp³-hybridized carbons (Fsp3) is 0.286. The van der Waals surface area contributed by atoms with Gasteiger partial charge in [-0.15, -0.1) is 0 Å². The molecule has 4 N–H and O–H groups in total. The molecule has 22 heavy (non-hydrogen) atoms. The van der Waals surface area contributed by atoms with Crippen LogP contribution < -0.4 is 11.5 Å². The predicted molar refractivity (Wildman–Crippen MR) is 80.8 cm³/mol. The Balaban J connectivity index is 1.70. The first-order valence-electron chi connectivity index (χ1n) is 6.69. The monoisotopic (exact) mass is 319 g/mol. The quantitative estimate of drug-likeness (QED) is 0.819. The van der Waals surface area contributed by atoms with Crippen molar-refractivity contribution in [1.82, 2.24) is 15.0 Å². The van der Waals surface area contributed by atoms with Gasteiger partial charge in [-0.2, -0.15) is 15.0 Å². The van der Waals surface area contributed by atoms with E-state index in [1.54, 1.807) is 12.1 Å². The van der Waals surface area contributed by atoms with Gasteiger partial charge < -0.3 is 16.2 Å². The molecule has 0 saturated heterocycles. The summed E-state index contributed by atoms with van der Waals surface area (Å²) in [5, 5.41) is 0.629. The maximum atomic E-state index is 12.4. The fourth-order valence-corrected chi connectivity index (χ4v) is 2.42. The molecule has 0 amide bonds. The van der Waals surface area contributed by atoms with Crippen LogP contribution >= 0.6 is 11.6 Å². The molecule has 8 heteroatoms. The fourth-order valence-electron chi connectivity index (χ4n) is 2.29. The van der Waals surface area contributed by atoms with E-state index in [1.165, 1.54) is 0 Å². The molecule has 1 aromatic heterocycles. The summed E-state index contributed by atoms with van der Waals surface area (Å²) in [7, 11) is 0. The van der Waals surface area contributed by atoms with E-state index in [1.807, 2.05) is 12.1 Å². The van der Waals surface area contributed by atoms with Gasteiger partial charge in [0, 0.05) is 5.02 Å². The van der Waals surface area contributed by atoms with Gasteiger partial charge in [-0.05, 0) is 30.5 Å². The predicted octanol–water partition coefficient (Wildman–Crippen LogP) is 1.46. The number of halogens is 1. The molecule has 0 atom stereocenters. The molecule has 1 aliphatic rings. The van der Waals surface area contributed by atoms with Crippen LogP contribution in [0.15, 0.2) is 24.3 Å². The van der Waals surface area contributed by atoms with Crippen molar-refractivity contribution < 1.29 is 9.53 Å². The molecule has 1 saturated carbocycles. The van der Waals surface area contributed by atoms with Gasteiger partial charge in [0.05, 0.1) is 5.41 Å². The molecule has 0 radical (unpaired) electrons. The van der Waals surface area contributed by atoms with Crippen LogP contribution in [-0.4, -0.2) is 20.9 Å². The van der Waals surface area contributed by atoms with Gasteiger partial charge in [0.15, 0.2) is 12.4 Å². The number of rotatable bonds is 4. The van der Waals surface area contributed by atoms with Crippen molar-refractivity contribution in [2.75, 3.05) is 11.5 Å². The third-order valence-electron chi connectivity index (χ3n) is 3.59. The highest BCUT2D eigenvalue weighted by Gasteiger charge is 2.52. The summed E-state index contributed by atoms with van der Waals surface area (Å²) < 4.78 is 5.31. The summed E-state index contributed by atoms with van der Waals surface area (Å²) in [6.07, 6.45) is 1.49. The zero-order valence-corrected chi connectivity index (χ0v) is 12.4. The van der Waals surface area contributed by atoms with E-state index in [4.69, 9.17) is 27.8 Å². The second kappa shape index (κ2) is 5.42. The Hall–Kier alpha value is -2.41. The number of nitrogens with zero attached hydrogens (tertiary/aromatic N) is 3. The minimum absolute atomic E-state index is 0.00242. The van der Waals surface area contributed by atoms with Gasteiger partial charge in [0.2, 0.25) is 11.9 Å². The number of nitrogens with two attached hydrogens (primary N) is 2. The van der Waals surface area contributed by atoms with Crippen LogP contribution in [0.1, 0.15) is 24.2 Å². The number of ether oxygens (including phenoxy) is 1. The Bertz CT molecular complexity index is 695. The van der Waals surface area contributed by atoms with Gasteiger partial charge in [0.1, 0.15) is 0 Å². The number of hydrogen-bond acceptors (Lipinski definition) is 7. The van der Waals surface area contributed by atoms with Crippen molar-refractivity contribution in [1.29, 1.82) is 0 Å². The lowest BCUT2D eigenvalue weighted by Crippen LogP contribution is -2.23. The van der Waals surface area contributed by atoms with E-state index in [2.05, 4.69) is 15.0 Å². The third-order valence-corrected chi connectivity index (χ3v) is 3.84. The van der Waals surface area contributed by atoms with E-state index < -0.39 is 5.41 Å². The highest BCUT2D eigenvalue weighted by molar-refractivity contribution is 6.30. The Morgan fingerprint density at radius 3 is 2.27 bits per heavy atom. The second-order valence-electron chi connectivity index (χ2n) is 5.13. The van der Waals surface area contributed by atoms with Crippen molar-refractivity contribution in [3.8, 4) is 0 Å². The first-order valence-corrected chi connectivity index (χ1v) is 7.06. The lowest BCUT2D eigenvalue weighted by Gasteiger charge is -2.14. The van der Waals surface area contributed by atoms with Crippen molar-refractivity contribution in [3.05, 3.63) is 40.7 Å². The summed E-state index contributed by atoms with van der Waals surface area (Å²) in [5.74, 6) is -0.0904. The maximum Gasteiger partial charge on any atom is 0.317 e. The highest BCUT2D eigenvalue weighted by atomic mass is 35.5. The Morgan fingerprint density at radius 1 is 1.14 bits per heavy atom. The SMILES string of the molecule is Nc1nc(N)nc(COC(=O)C2(c3ccc(Cl)cc3)CC2)n1. The number of esters is 1. The number of benzene rings is 1. The van der Waals surface area contributed by atoms with E-state index in [0.717, 1.165) is 18.4 Å². The van der Waals surface area contributed by atoms with Crippen LogP contribution in [-0.2, 0) is 21.6 Å². The maximum absolute atomic E-state index is 12.4. The lowest BCUT2D eigenvalue weighted by atomic mass is 9.96. The molecule has 0 bridgehead atoms. The summed E-state index contributed by atoms with van der Waals surface area (Å²) >= 11 is 5.87. The van der Waals surface area contributed by atoms with Crippen molar-refractivity contribution >= 4 is 29.5 Å². The number of nitrogen functional groups attached to an aromatic ring is 2. The van der Waals surface area contributed by atoms with Gasteiger partial charge in [-0.1, -0.05) is 23.7 Å². The van der Waals surface area contributed by atoms with E-state index in [-0.39, 0.29) is 30.3 Å². The molecule has 1 aromatic carbocycles. The smallest absolute Gasteiger partial charge is 0.317 e. The molecule has 114 valence electrons. The molecule has 0 aliphatic heterocycles. The summed E-state index contributed by atoms with van der Waals surface area (Å²) in [6.45, 7) is -0.0922. The Labute approximate surface area is 131 Å². The van der Waals surface area contributed by atoms with Crippen LogP contribution in [0.5, 0.6) is 0 Å². The minimum Gasteiger partial charge on any atom is -0.457 e. The van der Waals surface area contributed by atoms with E-state index in [9.17, 15) is 4.79 Å². The topological polar surface area (TPSA) is 117 Å².